The van der Waals surface area contributed by atoms with Crippen molar-refractivity contribution in [3.63, 3.8) is 0 Å². The van der Waals surface area contributed by atoms with E-state index < -0.39 is 6.29 Å². The molecule has 4 N–H and O–H groups in total. The SMILES string of the molecule is C[C@@H]1[C@H](CN2[C@@H](C(=O)NC(C)(C)C)CC[C@H]3CCCC[C@H]32)O[C@H](c2ccc(-c3ccccc3CNC(=O)NC34CC5CC(CC(C5)C3)C4)cc2)O[C@@H]1c1ccc(CO)cc1. The molecule has 7 fully saturated rings. The fourth-order valence-electron chi connectivity index (χ4n) is 12.8. The standard InChI is InChI=1S/C51H68N4O5/c1-32-45(30-55-43-12-8-6-9-38(43)21-22-44(55)47(57)53-50(2,3)4)59-48(60-46(32)39-15-13-33(31-56)14-16-39)40-19-17-37(18-20-40)42-11-7-5-10-41(42)29-52-49(58)54-51-26-34-23-35(27-51)25-36(24-34)28-51/h5,7,10-11,13-20,32,34-36,38,43-46,48,56H,6,8-9,12,21-31H2,1-4H3,(H,53,57)(H2,52,54,58)/t32-,34?,35?,36?,38-,43-,44-,45+,46+,48+,51?/m1/s1. The van der Waals surface area contributed by atoms with Gasteiger partial charge in [0.05, 0.1) is 24.9 Å². The lowest BCUT2D eigenvalue weighted by Gasteiger charge is -2.56. The molecule has 7 atom stereocenters. The van der Waals surface area contributed by atoms with Gasteiger partial charge in [0.2, 0.25) is 5.91 Å². The summed E-state index contributed by atoms with van der Waals surface area (Å²) in [7, 11) is 0. The highest BCUT2D eigenvalue weighted by atomic mass is 16.7. The van der Waals surface area contributed by atoms with Gasteiger partial charge in [0.1, 0.15) is 0 Å². The van der Waals surface area contributed by atoms with Gasteiger partial charge in [-0.15, -0.1) is 0 Å². The van der Waals surface area contributed by atoms with E-state index in [1.165, 1.54) is 38.5 Å². The Bertz CT molecular complexity index is 1940. The summed E-state index contributed by atoms with van der Waals surface area (Å²) in [6, 6.07) is 25.0. The van der Waals surface area contributed by atoms with Crippen molar-refractivity contribution in [3.05, 3.63) is 95.1 Å². The van der Waals surface area contributed by atoms with Gasteiger partial charge in [0, 0.05) is 41.7 Å². The molecule has 7 aliphatic rings. The number of piperidine rings is 1. The average molecular weight is 817 g/mol. The first-order valence-corrected chi connectivity index (χ1v) is 23.3. The predicted molar refractivity (Wildman–Crippen MR) is 234 cm³/mol. The van der Waals surface area contributed by atoms with Crippen LogP contribution >= 0.6 is 0 Å². The molecule has 9 heteroatoms. The summed E-state index contributed by atoms with van der Waals surface area (Å²) in [5.74, 6) is 3.07. The van der Waals surface area contributed by atoms with E-state index in [-0.39, 0.29) is 53.8 Å². The molecule has 0 aromatic heterocycles. The maximum Gasteiger partial charge on any atom is 0.315 e. The van der Waals surface area contributed by atoms with Crippen LogP contribution in [0.2, 0.25) is 0 Å². The van der Waals surface area contributed by atoms with Crippen molar-refractivity contribution in [2.75, 3.05) is 6.54 Å². The fraction of sp³-hybridized carbons (Fsp3) is 0.608. The molecule has 60 heavy (non-hydrogen) atoms. The summed E-state index contributed by atoms with van der Waals surface area (Å²) >= 11 is 0. The van der Waals surface area contributed by atoms with E-state index in [9.17, 15) is 14.7 Å². The number of benzene rings is 3. The zero-order valence-corrected chi connectivity index (χ0v) is 36.3. The van der Waals surface area contributed by atoms with Gasteiger partial charge in [-0.05, 0) is 136 Å². The smallest absolute Gasteiger partial charge is 0.315 e. The van der Waals surface area contributed by atoms with Crippen LogP contribution in [-0.2, 0) is 27.4 Å². The van der Waals surface area contributed by atoms with E-state index in [0.29, 0.717) is 25.0 Å². The predicted octanol–water partition coefficient (Wildman–Crippen LogP) is 9.34. The van der Waals surface area contributed by atoms with Gasteiger partial charge in [0.25, 0.3) is 0 Å². The van der Waals surface area contributed by atoms with E-state index in [4.69, 9.17) is 9.47 Å². The van der Waals surface area contributed by atoms with Gasteiger partial charge in [0.15, 0.2) is 6.29 Å². The first-order chi connectivity index (χ1) is 28.9. The van der Waals surface area contributed by atoms with Crippen LogP contribution in [0.25, 0.3) is 11.1 Å². The third-order valence-electron chi connectivity index (χ3n) is 15.2. The molecule has 2 aliphatic heterocycles. The normalized spacial score (nSPS) is 33.8. The van der Waals surface area contributed by atoms with Gasteiger partial charge >= 0.3 is 6.03 Å². The molecule has 5 saturated carbocycles. The minimum absolute atomic E-state index is 0.00811. The Morgan fingerprint density at radius 1 is 0.817 bits per heavy atom. The van der Waals surface area contributed by atoms with Crippen molar-refractivity contribution >= 4 is 11.9 Å². The molecule has 9 nitrogen and oxygen atoms in total. The van der Waals surface area contributed by atoms with E-state index >= 15 is 0 Å². The maximum atomic E-state index is 14.0. The number of hydrogen-bond acceptors (Lipinski definition) is 6. The fourth-order valence-corrected chi connectivity index (χ4v) is 12.8. The lowest BCUT2D eigenvalue weighted by Crippen LogP contribution is -2.61. The number of amides is 3. The quantitative estimate of drug-likeness (QED) is 0.162. The van der Waals surface area contributed by atoms with Crippen LogP contribution < -0.4 is 16.0 Å². The van der Waals surface area contributed by atoms with E-state index in [0.717, 1.165) is 89.7 Å². The molecular weight excluding hydrogens is 749 g/mol. The Morgan fingerprint density at radius 3 is 2.17 bits per heavy atom. The summed E-state index contributed by atoms with van der Waals surface area (Å²) < 4.78 is 13.9. The lowest BCUT2D eigenvalue weighted by atomic mass is 9.53. The van der Waals surface area contributed by atoms with Crippen molar-refractivity contribution in [2.45, 2.75) is 160 Å². The summed E-state index contributed by atoms with van der Waals surface area (Å²) in [6.07, 6.45) is 13.2. The van der Waals surface area contributed by atoms with E-state index in [1.54, 1.807) is 0 Å². The average Bonchev–Trinajstić information content (AvgIpc) is 3.22. The zero-order chi connectivity index (χ0) is 41.6. The van der Waals surface area contributed by atoms with Crippen LogP contribution in [0.3, 0.4) is 0 Å². The van der Waals surface area contributed by atoms with Crippen LogP contribution in [0.15, 0.2) is 72.8 Å². The second-order valence-electron chi connectivity index (χ2n) is 20.7. The molecule has 5 aliphatic carbocycles. The van der Waals surface area contributed by atoms with E-state index in [2.05, 4.69) is 103 Å². The highest BCUT2D eigenvalue weighted by molar-refractivity contribution is 5.82. The van der Waals surface area contributed by atoms with Crippen molar-refractivity contribution in [2.24, 2.45) is 29.6 Å². The molecule has 10 rings (SSSR count). The Hall–Kier alpha value is -3.76. The Balaban J connectivity index is 0.935. The van der Waals surface area contributed by atoms with Gasteiger partial charge < -0.3 is 30.5 Å². The molecule has 4 bridgehead atoms. The van der Waals surface area contributed by atoms with Gasteiger partial charge in [-0.1, -0.05) is 92.6 Å². The van der Waals surface area contributed by atoms with E-state index in [1.807, 2.05) is 18.2 Å². The minimum Gasteiger partial charge on any atom is -0.392 e. The molecule has 3 amide bonds. The first kappa shape index (κ1) is 41.6. The molecule has 322 valence electrons. The maximum absolute atomic E-state index is 14.0. The molecule has 3 aromatic rings. The first-order valence-electron chi connectivity index (χ1n) is 23.3. The number of ether oxygens (including phenoxy) is 2. The number of carbonyl (C=O) groups is 2. The van der Waals surface area contributed by atoms with Gasteiger partial charge in [-0.3, -0.25) is 9.69 Å². The van der Waals surface area contributed by atoms with Gasteiger partial charge in [-0.2, -0.15) is 0 Å². The van der Waals surface area contributed by atoms with Gasteiger partial charge in [-0.25, -0.2) is 4.79 Å². The highest BCUT2D eigenvalue weighted by Gasteiger charge is 2.52. The summed E-state index contributed by atoms with van der Waals surface area (Å²) in [4.78, 5) is 29.9. The minimum atomic E-state index is -0.609. The second kappa shape index (κ2) is 17.2. The molecule has 2 saturated heterocycles. The Kier molecular flexibility index (Phi) is 11.9. The number of urea groups is 1. The third kappa shape index (κ3) is 8.93. The number of nitrogens with zero attached hydrogens (tertiary/aromatic N) is 1. The van der Waals surface area contributed by atoms with Crippen LogP contribution in [0.5, 0.6) is 0 Å². The van der Waals surface area contributed by atoms with Crippen molar-refractivity contribution in [3.8, 4) is 11.1 Å². The topological polar surface area (TPSA) is 112 Å². The number of carbonyl (C=O) groups excluding carboxylic acids is 2. The molecule has 0 unspecified atom stereocenters. The Labute approximate surface area is 357 Å². The number of aliphatic hydroxyl groups is 1. The monoisotopic (exact) mass is 817 g/mol. The third-order valence-corrected chi connectivity index (χ3v) is 15.2. The number of likely N-dealkylation sites (tertiary alicyclic amines) is 1. The number of nitrogens with one attached hydrogen (secondary N) is 3. The van der Waals surface area contributed by atoms with Crippen molar-refractivity contribution in [1.29, 1.82) is 0 Å². The lowest BCUT2D eigenvalue weighted by molar-refractivity contribution is -0.278. The van der Waals surface area contributed by atoms with Crippen LogP contribution in [0.4, 0.5) is 4.79 Å². The molecule has 0 spiro atoms. The molecule has 0 radical (unpaired) electrons. The molecule has 2 heterocycles. The van der Waals surface area contributed by atoms with Crippen molar-refractivity contribution < 1.29 is 24.2 Å². The summed E-state index contributed by atoms with van der Waals surface area (Å²) in [6.45, 7) is 9.50. The number of aliphatic hydroxyl groups excluding tert-OH is 1. The van der Waals surface area contributed by atoms with Crippen LogP contribution in [0, 0.1) is 29.6 Å². The van der Waals surface area contributed by atoms with Crippen molar-refractivity contribution in [1.82, 2.24) is 20.9 Å². The van der Waals surface area contributed by atoms with Crippen LogP contribution in [0.1, 0.15) is 139 Å². The van der Waals surface area contributed by atoms with Crippen LogP contribution in [-0.4, -0.2) is 57.8 Å². The molecular formula is C51H68N4O5. The number of fused-ring (bicyclic) bond motifs is 1. The number of hydrogen-bond donors (Lipinski definition) is 4. The largest absolute Gasteiger partial charge is 0.392 e. The highest BCUT2D eigenvalue weighted by Crippen LogP contribution is 2.55. The Morgan fingerprint density at radius 2 is 1.48 bits per heavy atom. The number of rotatable bonds is 10. The summed E-state index contributed by atoms with van der Waals surface area (Å²) in [5, 5.41) is 19.8. The second-order valence-corrected chi connectivity index (χ2v) is 20.7. The zero-order valence-electron chi connectivity index (χ0n) is 36.3. The molecule has 3 aromatic carbocycles. The summed E-state index contributed by atoms with van der Waals surface area (Å²) in [5.41, 5.74) is 5.76.